The van der Waals surface area contributed by atoms with Crippen LogP contribution in [0, 0.1) is 0 Å². The number of aromatic nitrogens is 3. The minimum absolute atomic E-state index is 0.0480. The van der Waals surface area contributed by atoms with E-state index in [0.717, 1.165) is 11.4 Å². The van der Waals surface area contributed by atoms with E-state index in [9.17, 15) is 8.42 Å². The van der Waals surface area contributed by atoms with Crippen LogP contribution in [-0.4, -0.2) is 54.3 Å². The van der Waals surface area contributed by atoms with Gasteiger partial charge in [0.25, 0.3) is 0 Å². The lowest BCUT2D eigenvalue weighted by molar-refractivity contribution is 0.329. The fraction of sp³-hybridized carbons (Fsp3) is 0.217. The number of fused-ring (bicyclic) bond motifs is 1. The molecule has 0 unspecified atom stereocenters. The number of sulfonamides is 1. The lowest BCUT2D eigenvalue weighted by Crippen LogP contribution is -2.42. The molecule has 172 valence electrons. The highest BCUT2D eigenvalue weighted by Gasteiger charge is 2.29. The topological polar surface area (TPSA) is 79.6 Å². The molecule has 0 bridgehead atoms. The summed E-state index contributed by atoms with van der Waals surface area (Å²) in [6, 6.07) is 15.7. The van der Waals surface area contributed by atoms with Crippen molar-refractivity contribution in [3.05, 3.63) is 70.8 Å². The van der Waals surface area contributed by atoms with Crippen LogP contribution >= 0.6 is 23.2 Å². The molecule has 0 atom stereocenters. The molecular formula is C23H20BCl2N5O2S. The standard InChI is InChI=1S/C23H20BCl2N5O2S/c24-19-14-27-31-22(13-21(29-23(19)31)18-3-1-2-4-20(18)26)28-16-9-11-30(12-10-16)34(32,33)17-7-5-15(25)6-8-17/h1-8,13-14,16,28H,9-12H2. The third kappa shape index (κ3) is 4.41. The number of nitrogens with zero attached hydrogens (tertiary/aromatic N) is 4. The van der Waals surface area contributed by atoms with Crippen LogP contribution in [0.4, 0.5) is 5.82 Å². The molecule has 1 aliphatic rings. The minimum Gasteiger partial charge on any atom is -0.367 e. The number of hydrogen-bond donors (Lipinski definition) is 1. The largest absolute Gasteiger partial charge is 0.367 e. The SMILES string of the molecule is [B]c1cnn2c(NC3CCN(S(=O)(=O)c4ccc(Cl)cc4)CC3)cc(-c3ccccc3Cl)nc12. The first-order valence-corrected chi connectivity index (χ1v) is 12.9. The molecule has 0 aliphatic carbocycles. The summed E-state index contributed by atoms with van der Waals surface area (Å²) in [5, 5.41) is 8.96. The Balaban J connectivity index is 1.37. The second-order valence-electron chi connectivity index (χ2n) is 8.12. The van der Waals surface area contributed by atoms with Gasteiger partial charge in [-0.05, 0) is 48.6 Å². The normalized spacial score (nSPS) is 15.6. The molecule has 1 saturated heterocycles. The molecule has 4 aromatic rings. The van der Waals surface area contributed by atoms with Crippen LogP contribution in [0.15, 0.2) is 65.7 Å². The van der Waals surface area contributed by atoms with Gasteiger partial charge in [0.15, 0.2) is 5.65 Å². The van der Waals surface area contributed by atoms with Crippen LogP contribution < -0.4 is 10.8 Å². The van der Waals surface area contributed by atoms with E-state index in [2.05, 4.69) is 15.4 Å². The molecule has 1 aliphatic heterocycles. The first kappa shape index (κ1) is 23.2. The van der Waals surface area contributed by atoms with Crippen molar-refractivity contribution in [2.75, 3.05) is 18.4 Å². The predicted molar refractivity (Wildman–Crippen MR) is 136 cm³/mol. The number of anilines is 1. The summed E-state index contributed by atoms with van der Waals surface area (Å²) in [7, 11) is 2.54. The van der Waals surface area contributed by atoms with E-state index in [1.54, 1.807) is 22.8 Å². The number of rotatable bonds is 5. The van der Waals surface area contributed by atoms with Crippen LogP contribution in [-0.2, 0) is 10.0 Å². The van der Waals surface area contributed by atoms with Gasteiger partial charge >= 0.3 is 0 Å². The zero-order chi connectivity index (χ0) is 23.9. The van der Waals surface area contributed by atoms with Crippen molar-refractivity contribution in [2.45, 2.75) is 23.8 Å². The Hall–Kier alpha value is -2.59. The Morgan fingerprint density at radius 2 is 1.74 bits per heavy atom. The summed E-state index contributed by atoms with van der Waals surface area (Å²) >= 11 is 12.3. The Bertz CT molecular complexity index is 1450. The number of piperidine rings is 1. The molecule has 2 aromatic carbocycles. The third-order valence-corrected chi connectivity index (χ3v) is 8.40. The van der Waals surface area contributed by atoms with Gasteiger partial charge in [-0.2, -0.15) is 13.9 Å². The van der Waals surface area contributed by atoms with E-state index in [-0.39, 0.29) is 10.9 Å². The lowest BCUT2D eigenvalue weighted by Gasteiger charge is -2.32. The number of nitrogens with one attached hydrogen (secondary N) is 1. The number of halogens is 2. The van der Waals surface area contributed by atoms with Crippen LogP contribution in [0.3, 0.4) is 0 Å². The molecule has 34 heavy (non-hydrogen) atoms. The van der Waals surface area contributed by atoms with E-state index < -0.39 is 10.0 Å². The molecule has 2 aromatic heterocycles. The van der Waals surface area contributed by atoms with Gasteiger partial charge in [0.05, 0.1) is 10.6 Å². The molecule has 7 nitrogen and oxygen atoms in total. The van der Waals surface area contributed by atoms with E-state index in [1.165, 1.54) is 16.4 Å². The van der Waals surface area contributed by atoms with Gasteiger partial charge in [0, 0.05) is 47.0 Å². The van der Waals surface area contributed by atoms with Crippen molar-refractivity contribution in [3.63, 3.8) is 0 Å². The van der Waals surface area contributed by atoms with Gasteiger partial charge < -0.3 is 5.32 Å². The second-order valence-corrected chi connectivity index (χ2v) is 10.9. The summed E-state index contributed by atoms with van der Waals surface area (Å²) < 4.78 is 29.1. The Kier molecular flexibility index (Phi) is 6.29. The fourth-order valence-electron chi connectivity index (χ4n) is 4.09. The smallest absolute Gasteiger partial charge is 0.243 e. The van der Waals surface area contributed by atoms with E-state index in [1.807, 2.05) is 30.3 Å². The van der Waals surface area contributed by atoms with Gasteiger partial charge in [-0.15, -0.1) is 0 Å². The second kappa shape index (κ2) is 9.22. The summed E-state index contributed by atoms with van der Waals surface area (Å²) in [6.45, 7) is 0.797. The molecule has 1 N–H and O–H groups in total. The van der Waals surface area contributed by atoms with Gasteiger partial charge in [-0.25, -0.2) is 13.4 Å². The summed E-state index contributed by atoms with van der Waals surface area (Å²) in [5.41, 5.74) is 2.46. The minimum atomic E-state index is -3.57. The average Bonchev–Trinajstić information content (AvgIpc) is 3.21. The predicted octanol–water partition coefficient (Wildman–Crippen LogP) is 3.76. The molecule has 3 heterocycles. The van der Waals surface area contributed by atoms with Crippen molar-refractivity contribution < 1.29 is 8.42 Å². The van der Waals surface area contributed by atoms with Gasteiger partial charge in [0.2, 0.25) is 10.0 Å². The first-order chi connectivity index (χ1) is 16.3. The fourth-order valence-corrected chi connectivity index (χ4v) is 5.92. The molecule has 0 amide bonds. The Morgan fingerprint density at radius 3 is 2.44 bits per heavy atom. The maximum atomic E-state index is 13.0. The van der Waals surface area contributed by atoms with Crippen LogP contribution in [0.2, 0.25) is 10.0 Å². The molecule has 11 heteroatoms. The van der Waals surface area contributed by atoms with Gasteiger partial charge in [0.1, 0.15) is 13.7 Å². The van der Waals surface area contributed by atoms with Gasteiger partial charge in [-0.3, -0.25) is 0 Å². The van der Waals surface area contributed by atoms with E-state index >= 15 is 0 Å². The lowest BCUT2D eigenvalue weighted by atomic mass is 10.0. The van der Waals surface area contributed by atoms with Crippen molar-refractivity contribution in [1.82, 2.24) is 18.9 Å². The van der Waals surface area contributed by atoms with Gasteiger partial charge in [-0.1, -0.05) is 41.4 Å². The molecule has 0 saturated carbocycles. The van der Waals surface area contributed by atoms with Crippen molar-refractivity contribution in [1.29, 1.82) is 0 Å². The van der Waals surface area contributed by atoms with E-state index in [0.29, 0.717) is 52.8 Å². The molecule has 1 fully saturated rings. The summed E-state index contributed by atoms with van der Waals surface area (Å²) in [6.07, 6.45) is 2.83. The number of benzene rings is 2. The Labute approximate surface area is 209 Å². The maximum Gasteiger partial charge on any atom is 0.243 e. The van der Waals surface area contributed by atoms with Crippen LogP contribution in [0.1, 0.15) is 12.8 Å². The van der Waals surface area contributed by atoms with Crippen LogP contribution in [0.25, 0.3) is 16.9 Å². The number of hydrogen-bond acceptors (Lipinski definition) is 5. The monoisotopic (exact) mass is 511 g/mol. The maximum absolute atomic E-state index is 13.0. The zero-order valence-electron chi connectivity index (χ0n) is 18.0. The highest BCUT2D eigenvalue weighted by molar-refractivity contribution is 7.89. The average molecular weight is 512 g/mol. The van der Waals surface area contributed by atoms with Crippen molar-refractivity contribution in [3.8, 4) is 11.3 Å². The summed E-state index contributed by atoms with van der Waals surface area (Å²) in [4.78, 5) is 4.90. The molecular weight excluding hydrogens is 492 g/mol. The highest BCUT2D eigenvalue weighted by atomic mass is 35.5. The first-order valence-electron chi connectivity index (χ1n) is 10.7. The van der Waals surface area contributed by atoms with Crippen molar-refractivity contribution >= 4 is 58.0 Å². The third-order valence-electron chi connectivity index (χ3n) is 5.91. The zero-order valence-corrected chi connectivity index (χ0v) is 20.4. The quantitative estimate of drug-likeness (QED) is 0.412. The summed E-state index contributed by atoms with van der Waals surface area (Å²) in [5.74, 6) is 0.718. The van der Waals surface area contributed by atoms with Crippen molar-refractivity contribution in [2.24, 2.45) is 0 Å². The molecule has 2 radical (unpaired) electrons. The highest BCUT2D eigenvalue weighted by Crippen LogP contribution is 2.29. The molecule has 5 rings (SSSR count). The molecule has 0 spiro atoms. The van der Waals surface area contributed by atoms with Crippen LogP contribution in [0.5, 0.6) is 0 Å². The van der Waals surface area contributed by atoms with E-state index in [4.69, 9.17) is 31.0 Å². The Morgan fingerprint density at radius 1 is 1.03 bits per heavy atom.